The molecule has 3 heterocycles. The van der Waals surface area contributed by atoms with Gasteiger partial charge in [-0.25, -0.2) is 0 Å². The van der Waals surface area contributed by atoms with E-state index in [-0.39, 0.29) is 18.6 Å². The molecule has 1 aromatic carbocycles. The maximum Gasteiger partial charge on any atom is 0.240 e. The van der Waals surface area contributed by atoms with Crippen LogP contribution in [0.2, 0.25) is 0 Å². The van der Waals surface area contributed by atoms with Gasteiger partial charge in [-0.2, -0.15) is 4.98 Å². The highest BCUT2D eigenvalue weighted by Gasteiger charge is 2.21. The molecule has 4 rings (SSSR count). The van der Waals surface area contributed by atoms with Gasteiger partial charge in [0.05, 0.1) is 13.1 Å². The van der Waals surface area contributed by atoms with Crippen LogP contribution in [0.5, 0.6) is 11.5 Å². The van der Waals surface area contributed by atoms with E-state index in [1.165, 1.54) is 0 Å². The van der Waals surface area contributed by atoms with Crippen molar-refractivity contribution in [2.45, 2.75) is 32.9 Å². The number of nitrogens with zero attached hydrogens (tertiary/aromatic N) is 4. The Morgan fingerprint density at radius 1 is 1.14 bits per heavy atom. The minimum absolute atomic E-state index is 0.0228. The van der Waals surface area contributed by atoms with Crippen molar-refractivity contribution in [1.82, 2.24) is 25.3 Å². The summed E-state index contributed by atoms with van der Waals surface area (Å²) in [4.78, 5) is 21.2. The predicted molar refractivity (Wildman–Crippen MR) is 105 cm³/mol. The molecule has 1 amide bonds. The van der Waals surface area contributed by atoms with E-state index in [1.54, 1.807) is 0 Å². The summed E-state index contributed by atoms with van der Waals surface area (Å²) in [6.07, 6.45) is 0. The molecule has 1 N–H and O–H groups in total. The normalized spacial score (nSPS) is 17.1. The first-order chi connectivity index (χ1) is 14.1. The molecule has 0 unspecified atom stereocenters. The van der Waals surface area contributed by atoms with Gasteiger partial charge in [-0.3, -0.25) is 14.6 Å². The van der Waals surface area contributed by atoms with E-state index in [4.69, 9.17) is 14.0 Å². The van der Waals surface area contributed by atoms with Crippen molar-refractivity contribution in [3.8, 4) is 11.5 Å². The van der Waals surface area contributed by atoms with Crippen molar-refractivity contribution in [3.05, 3.63) is 35.5 Å². The third-order valence-corrected chi connectivity index (χ3v) is 5.12. The van der Waals surface area contributed by atoms with Gasteiger partial charge < -0.3 is 19.3 Å². The fourth-order valence-electron chi connectivity index (χ4n) is 3.37. The molecule has 29 heavy (non-hydrogen) atoms. The molecule has 0 bridgehead atoms. The van der Waals surface area contributed by atoms with E-state index in [0.29, 0.717) is 25.5 Å². The van der Waals surface area contributed by atoms with Gasteiger partial charge in [0, 0.05) is 38.6 Å². The summed E-state index contributed by atoms with van der Waals surface area (Å²) in [7, 11) is 0. The average molecular weight is 401 g/mol. The molecule has 9 heteroatoms. The Labute approximate surface area is 169 Å². The first kappa shape index (κ1) is 19.7. The van der Waals surface area contributed by atoms with Crippen LogP contribution < -0.4 is 14.8 Å². The maximum atomic E-state index is 12.3. The fraction of sp³-hybridized carbons (Fsp3) is 0.550. The summed E-state index contributed by atoms with van der Waals surface area (Å²) in [5.74, 6) is 3.17. The number of piperazine rings is 1. The highest BCUT2D eigenvalue weighted by Crippen LogP contribution is 2.32. The maximum absolute atomic E-state index is 12.3. The van der Waals surface area contributed by atoms with Crippen LogP contribution in [0.3, 0.4) is 0 Å². The van der Waals surface area contributed by atoms with Gasteiger partial charge in [-0.15, -0.1) is 0 Å². The van der Waals surface area contributed by atoms with Gasteiger partial charge in [-0.05, 0) is 17.7 Å². The molecule has 0 spiro atoms. The molecule has 0 atom stereocenters. The SMILES string of the molecule is CC(C)c1noc(CN2CCN(CC(=O)NCc3ccc4c(c3)OCO4)CC2)n1. The molecule has 0 radical (unpaired) electrons. The summed E-state index contributed by atoms with van der Waals surface area (Å²) in [5.41, 5.74) is 0.993. The lowest BCUT2D eigenvalue weighted by Gasteiger charge is -2.33. The number of carbonyl (C=O) groups is 1. The van der Waals surface area contributed by atoms with Crippen LogP contribution in [-0.2, 0) is 17.9 Å². The highest BCUT2D eigenvalue weighted by atomic mass is 16.7. The monoisotopic (exact) mass is 401 g/mol. The van der Waals surface area contributed by atoms with Gasteiger partial charge >= 0.3 is 0 Å². The topological polar surface area (TPSA) is 93.0 Å². The van der Waals surface area contributed by atoms with Crippen molar-refractivity contribution in [2.75, 3.05) is 39.5 Å². The summed E-state index contributed by atoms with van der Waals surface area (Å²) in [5, 5.41) is 6.99. The van der Waals surface area contributed by atoms with Gasteiger partial charge in [0.25, 0.3) is 0 Å². The van der Waals surface area contributed by atoms with Crippen LogP contribution in [0.4, 0.5) is 0 Å². The van der Waals surface area contributed by atoms with Crippen LogP contribution in [0.15, 0.2) is 22.7 Å². The van der Waals surface area contributed by atoms with Gasteiger partial charge in [0.15, 0.2) is 17.3 Å². The molecule has 2 aliphatic rings. The molecule has 2 aromatic rings. The third kappa shape index (κ3) is 5.04. The molecular formula is C20H27N5O4. The predicted octanol–water partition coefficient (Wildman–Crippen LogP) is 1.36. The molecule has 0 aliphatic carbocycles. The number of amides is 1. The van der Waals surface area contributed by atoms with Gasteiger partial charge in [0.1, 0.15) is 0 Å². The van der Waals surface area contributed by atoms with E-state index in [0.717, 1.165) is 49.1 Å². The van der Waals surface area contributed by atoms with E-state index >= 15 is 0 Å². The van der Waals surface area contributed by atoms with E-state index in [9.17, 15) is 4.79 Å². The second-order valence-corrected chi connectivity index (χ2v) is 7.72. The summed E-state index contributed by atoms with van der Waals surface area (Å²) < 4.78 is 16.0. The molecule has 9 nitrogen and oxygen atoms in total. The Morgan fingerprint density at radius 2 is 1.90 bits per heavy atom. The zero-order chi connectivity index (χ0) is 20.2. The van der Waals surface area contributed by atoms with Crippen LogP contribution in [0.1, 0.15) is 37.0 Å². The average Bonchev–Trinajstić information content (AvgIpc) is 3.37. The molecule has 156 valence electrons. The molecule has 1 fully saturated rings. The molecule has 2 aliphatic heterocycles. The number of carbonyl (C=O) groups excluding carboxylic acids is 1. The molecule has 0 saturated carbocycles. The van der Waals surface area contributed by atoms with Crippen LogP contribution in [0.25, 0.3) is 0 Å². The molecule has 1 saturated heterocycles. The van der Waals surface area contributed by atoms with Crippen molar-refractivity contribution >= 4 is 5.91 Å². The summed E-state index contributed by atoms with van der Waals surface area (Å²) in [6.45, 7) is 9.29. The Kier molecular flexibility index (Phi) is 5.96. The zero-order valence-electron chi connectivity index (χ0n) is 16.9. The number of aromatic nitrogens is 2. The third-order valence-electron chi connectivity index (χ3n) is 5.12. The number of fused-ring (bicyclic) bond motifs is 1. The smallest absolute Gasteiger partial charge is 0.240 e. The Bertz CT molecular complexity index is 845. The highest BCUT2D eigenvalue weighted by molar-refractivity contribution is 5.78. The van der Waals surface area contributed by atoms with Crippen molar-refractivity contribution in [1.29, 1.82) is 0 Å². The first-order valence-corrected chi connectivity index (χ1v) is 9.99. The van der Waals surface area contributed by atoms with Crippen LogP contribution in [-0.4, -0.2) is 65.4 Å². The van der Waals surface area contributed by atoms with Gasteiger partial charge in [0.2, 0.25) is 18.6 Å². The number of hydrogen-bond donors (Lipinski definition) is 1. The van der Waals surface area contributed by atoms with Crippen molar-refractivity contribution < 1.29 is 18.8 Å². The minimum Gasteiger partial charge on any atom is -0.454 e. The second kappa shape index (κ2) is 8.79. The van der Waals surface area contributed by atoms with E-state index in [2.05, 4.69) is 25.3 Å². The van der Waals surface area contributed by atoms with Gasteiger partial charge in [-0.1, -0.05) is 25.1 Å². The number of ether oxygens (including phenoxy) is 2. The lowest BCUT2D eigenvalue weighted by atomic mass is 10.2. The van der Waals surface area contributed by atoms with E-state index in [1.807, 2.05) is 32.0 Å². The number of benzene rings is 1. The zero-order valence-corrected chi connectivity index (χ0v) is 16.9. The number of nitrogens with one attached hydrogen (secondary N) is 1. The summed E-state index contributed by atoms with van der Waals surface area (Å²) in [6, 6.07) is 5.72. The lowest BCUT2D eigenvalue weighted by Crippen LogP contribution is -2.49. The molecular weight excluding hydrogens is 374 g/mol. The van der Waals surface area contributed by atoms with E-state index < -0.39 is 0 Å². The van der Waals surface area contributed by atoms with Crippen LogP contribution >= 0.6 is 0 Å². The Morgan fingerprint density at radius 3 is 2.66 bits per heavy atom. The standard InChI is InChI=1S/C20H27N5O4/c1-14(2)20-22-19(29-23-20)12-25-7-5-24(6-8-25)11-18(26)21-10-15-3-4-16-17(9-15)28-13-27-16/h3-4,9,14H,5-8,10-13H2,1-2H3,(H,21,26). The largest absolute Gasteiger partial charge is 0.454 e. The Hall–Kier alpha value is -2.65. The quantitative estimate of drug-likeness (QED) is 0.743. The van der Waals surface area contributed by atoms with Crippen molar-refractivity contribution in [3.63, 3.8) is 0 Å². The van der Waals surface area contributed by atoms with Crippen molar-refractivity contribution in [2.24, 2.45) is 0 Å². The van der Waals surface area contributed by atoms with Crippen LogP contribution in [0, 0.1) is 0 Å². The second-order valence-electron chi connectivity index (χ2n) is 7.72. The first-order valence-electron chi connectivity index (χ1n) is 9.99. The lowest BCUT2D eigenvalue weighted by molar-refractivity contribution is -0.122. The molecule has 1 aromatic heterocycles. The Balaban J connectivity index is 1.17. The number of hydrogen-bond acceptors (Lipinski definition) is 8. The minimum atomic E-state index is 0.0228. The fourth-order valence-corrected chi connectivity index (χ4v) is 3.37. The number of rotatable bonds is 7. The summed E-state index contributed by atoms with van der Waals surface area (Å²) >= 11 is 0.